The molecule has 1 aliphatic heterocycles. The van der Waals surface area contributed by atoms with Gasteiger partial charge in [-0.2, -0.15) is 0 Å². The molecule has 6 atom stereocenters. The van der Waals surface area contributed by atoms with E-state index in [0.29, 0.717) is 23.6 Å². The monoisotopic (exact) mass is 653 g/mol. The topological polar surface area (TPSA) is 97.4 Å². The van der Waals surface area contributed by atoms with Gasteiger partial charge >= 0.3 is 6.09 Å². The van der Waals surface area contributed by atoms with Gasteiger partial charge in [0.25, 0.3) is 0 Å². The van der Waals surface area contributed by atoms with Gasteiger partial charge in [0.2, 0.25) is 5.91 Å². The van der Waals surface area contributed by atoms with Crippen LogP contribution in [0.3, 0.4) is 0 Å². The fraction of sp³-hybridized carbons (Fsp3) is 0.630. The van der Waals surface area contributed by atoms with E-state index in [9.17, 15) is 14.7 Å². The van der Waals surface area contributed by atoms with Crippen LogP contribution in [0.25, 0.3) is 0 Å². The van der Waals surface area contributed by atoms with Crippen molar-refractivity contribution in [3.63, 3.8) is 0 Å². The number of methoxy groups -OCH3 is 1. The third-order valence-corrected chi connectivity index (χ3v) is 9.03. The first kappa shape index (κ1) is 33.4. The highest BCUT2D eigenvalue weighted by atomic mass is 79.9. The van der Waals surface area contributed by atoms with E-state index in [1.165, 1.54) is 11.1 Å². The number of aliphatic hydroxyl groups is 1. The molecule has 7 nitrogen and oxygen atoms in total. The molecule has 0 aromatic heterocycles. The molecule has 2 aliphatic rings. The lowest BCUT2D eigenvalue weighted by atomic mass is 9.66. The summed E-state index contributed by atoms with van der Waals surface area (Å²) in [5, 5.41) is 14.9. The Hall–Kier alpha value is -0.810. The van der Waals surface area contributed by atoms with Crippen molar-refractivity contribution in [1.82, 2.24) is 5.32 Å². The van der Waals surface area contributed by atoms with Crippen molar-refractivity contribution in [2.45, 2.75) is 76.0 Å². The Morgan fingerprint density at radius 3 is 2.58 bits per heavy atom. The summed E-state index contributed by atoms with van der Waals surface area (Å²) in [6.07, 6.45) is 2.35. The maximum atomic E-state index is 12.3. The number of epoxide rings is 1. The molecule has 1 heterocycles. The molecule has 2 fully saturated rings. The van der Waals surface area contributed by atoms with Gasteiger partial charge in [-0.25, -0.2) is 4.79 Å². The Balaban J connectivity index is 0.00000507. The van der Waals surface area contributed by atoms with E-state index < -0.39 is 41.3 Å². The Kier molecular flexibility index (Phi) is 12.9. The number of aryl methyl sites for hydroxylation is 1. The van der Waals surface area contributed by atoms with E-state index in [1.807, 2.05) is 45.0 Å². The van der Waals surface area contributed by atoms with Gasteiger partial charge in [-0.1, -0.05) is 35.4 Å². The molecule has 6 unspecified atom stereocenters. The molecule has 3 rings (SSSR count). The predicted octanol–water partition coefficient (Wildman–Crippen LogP) is 1.23. The molecule has 0 bridgehead atoms. The number of alkyl halides is 1. The van der Waals surface area contributed by atoms with Crippen LogP contribution in [0.15, 0.2) is 35.9 Å². The van der Waals surface area contributed by atoms with Crippen LogP contribution in [0.5, 0.6) is 0 Å². The zero-order valence-corrected chi connectivity index (χ0v) is 26.2. The predicted molar refractivity (Wildman–Crippen MR) is 149 cm³/mol. The number of allylic oxidation sites excluding steroid dienone is 1. The van der Waals surface area contributed by atoms with E-state index in [0.717, 1.165) is 30.4 Å². The number of hydrogen-bond donors (Lipinski definition) is 2. The minimum Gasteiger partial charge on any atom is -1.00 e. The number of ether oxygens (including phenoxy) is 3. The van der Waals surface area contributed by atoms with E-state index in [1.54, 1.807) is 7.11 Å². The maximum absolute atomic E-state index is 12.3. The van der Waals surface area contributed by atoms with Gasteiger partial charge in [-0.3, -0.25) is 10.1 Å². The molecule has 214 valence electrons. The number of nitrogens with one attached hydrogen (secondary N) is 1. The van der Waals surface area contributed by atoms with Crippen LogP contribution in [0, 0.1) is 5.92 Å². The highest BCUT2D eigenvalue weighted by Crippen LogP contribution is 2.54. The fourth-order valence-electron chi connectivity index (χ4n) is 5.30. The summed E-state index contributed by atoms with van der Waals surface area (Å²) in [6.45, 7) is 6.08. The van der Waals surface area contributed by atoms with Gasteiger partial charge in [0.05, 0.1) is 12.0 Å². The standard InChI is InChI=1S/C27H37Cl2NO6S.BrH/c1-17(2)5-10-21-26(3,36-21)24-23(34-4)20(35-25(32)30-22(31)15-28)11-13-27(24,33)16-37-14-12-18-6-8-19(29)9-7-18;/h5-9,20-21,23-24,33H,10-16H2,1-4H3,(H,30,31,32);1H. The minimum absolute atomic E-state index is 0. The van der Waals surface area contributed by atoms with E-state index in [4.69, 9.17) is 37.4 Å². The van der Waals surface area contributed by atoms with Gasteiger partial charge in [-0.05, 0) is 69.5 Å². The molecule has 1 saturated carbocycles. The molecule has 1 aliphatic carbocycles. The first-order valence-electron chi connectivity index (χ1n) is 12.5. The fourth-order valence-corrected chi connectivity index (χ4v) is 6.81. The van der Waals surface area contributed by atoms with E-state index in [2.05, 4.69) is 11.4 Å². The van der Waals surface area contributed by atoms with Crippen LogP contribution >= 0.6 is 23.2 Å². The van der Waals surface area contributed by atoms with Gasteiger partial charge in [-0.15, -0.1) is 11.6 Å². The zero-order chi connectivity index (χ0) is 27.2. The summed E-state index contributed by atoms with van der Waals surface area (Å²) < 4.78 is 17.7. The Labute approximate surface area is 250 Å². The van der Waals surface area contributed by atoms with Crippen molar-refractivity contribution in [2.75, 3.05) is 24.5 Å². The molecule has 0 spiro atoms. The normalized spacial score (nSPS) is 30.1. The number of alkyl carbamates (subject to hydrolysis) is 1. The van der Waals surface area contributed by atoms with E-state index >= 15 is 0 Å². The number of hydrogen-bond acceptors (Lipinski definition) is 6. The number of amides is 2. The molecule has 1 aromatic carbocycles. The lowest BCUT2D eigenvalue weighted by molar-refractivity contribution is -0.170. The Morgan fingerprint density at radius 1 is 1.29 bits per heavy atom. The number of rotatable bonds is 11. The summed E-state index contributed by atoms with van der Waals surface area (Å²) in [5.41, 5.74) is 0.683. The Bertz CT molecular complexity index is 979. The minimum atomic E-state index is -1.07. The summed E-state index contributed by atoms with van der Waals surface area (Å²) in [5.74, 6) is 0.0178. The lowest BCUT2D eigenvalue weighted by Gasteiger charge is -2.47. The first-order chi connectivity index (χ1) is 17.5. The average molecular weight is 655 g/mol. The average Bonchev–Trinajstić information content (AvgIpc) is 3.52. The first-order valence-corrected chi connectivity index (χ1v) is 14.7. The van der Waals surface area contributed by atoms with Crippen LogP contribution in [-0.2, 0) is 37.2 Å². The molecular formula is C27H38BrCl2NO6S. The molecule has 11 heteroatoms. The lowest BCUT2D eigenvalue weighted by Crippen LogP contribution is -3.00. The third kappa shape index (κ3) is 8.59. The van der Waals surface area contributed by atoms with Gasteiger partial charge in [0.15, 0.2) is 0 Å². The van der Waals surface area contributed by atoms with Gasteiger partial charge in [0.1, 0.15) is 40.8 Å². The summed E-state index contributed by atoms with van der Waals surface area (Å²) in [6, 6.07) is 7.81. The molecule has 1 aromatic rings. The smallest absolute Gasteiger partial charge is 0.414 e. The van der Waals surface area contributed by atoms with Crippen LogP contribution in [-0.4, -0.2) is 71.1 Å². The van der Waals surface area contributed by atoms with Crippen molar-refractivity contribution >= 4 is 47.0 Å². The van der Waals surface area contributed by atoms with Crippen molar-refractivity contribution in [1.29, 1.82) is 0 Å². The second-order valence-corrected chi connectivity index (χ2v) is 12.1. The zero-order valence-electron chi connectivity index (χ0n) is 22.2. The largest absolute Gasteiger partial charge is 1.00 e. The molecule has 2 amide bonds. The van der Waals surface area contributed by atoms with Crippen LogP contribution in [0.1, 0.15) is 45.6 Å². The summed E-state index contributed by atoms with van der Waals surface area (Å²) in [4.78, 5) is 23.8. The summed E-state index contributed by atoms with van der Waals surface area (Å²) >= 11 is 12.6. The van der Waals surface area contributed by atoms with E-state index in [-0.39, 0.29) is 29.0 Å². The van der Waals surface area contributed by atoms with Crippen LogP contribution in [0.2, 0.25) is 5.02 Å². The molecule has 1 saturated heterocycles. The number of imide groups is 1. The highest BCUT2D eigenvalue weighted by molar-refractivity contribution is 7.78. The molecule has 38 heavy (non-hydrogen) atoms. The van der Waals surface area contributed by atoms with Gasteiger partial charge in [0, 0.05) is 18.6 Å². The molecule has 0 radical (unpaired) electrons. The van der Waals surface area contributed by atoms with Crippen molar-refractivity contribution < 1.29 is 45.9 Å². The van der Waals surface area contributed by atoms with Gasteiger partial charge < -0.3 is 36.3 Å². The molecule has 2 N–H and O–H groups in total. The molecular weight excluding hydrogens is 617 g/mol. The third-order valence-electron chi connectivity index (χ3n) is 7.22. The van der Waals surface area contributed by atoms with Crippen LogP contribution < -0.4 is 22.3 Å². The number of carbonyl (C=O) groups is 2. The Morgan fingerprint density at radius 2 is 1.97 bits per heavy atom. The quantitative estimate of drug-likeness (QED) is 0.0931. The second-order valence-electron chi connectivity index (χ2n) is 10.2. The van der Waals surface area contributed by atoms with Crippen molar-refractivity contribution in [2.24, 2.45) is 5.92 Å². The second kappa shape index (κ2) is 14.7. The number of carbonyl (C=O) groups excluding carboxylic acids is 2. The van der Waals surface area contributed by atoms with Crippen molar-refractivity contribution in [3.8, 4) is 0 Å². The number of benzene rings is 1. The number of thiol groups is 1. The highest BCUT2D eigenvalue weighted by Gasteiger charge is 2.68. The SMILES string of the molecule is COC1C(OC(=O)NC(=O)CCl)CCC(O)(C[SH+]CCc2ccc(Cl)cc2)C1C1(C)OC1CC=C(C)C.[Br-]. The summed E-state index contributed by atoms with van der Waals surface area (Å²) in [7, 11) is 1.55. The maximum Gasteiger partial charge on any atom is 0.414 e. The van der Waals surface area contributed by atoms with Crippen molar-refractivity contribution in [3.05, 3.63) is 46.5 Å². The number of halogens is 3. The van der Waals surface area contributed by atoms with Crippen LogP contribution in [0.4, 0.5) is 4.79 Å².